The van der Waals surface area contributed by atoms with Gasteiger partial charge in [0.1, 0.15) is 10.4 Å². The van der Waals surface area contributed by atoms with E-state index in [4.69, 9.17) is 4.74 Å². The highest BCUT2D eigenvalue weighted by molar-refractivity contribution is 9.10. The van der Waals surface area contributed by atoms with Crippen LogP contribution in [-0.4, -0.2) is 30.6 Å². The van der Waals surface area contributed by atoms with Gasteiger partial charge in [0, 0.05) is 13.1 Å². The largest absolute Gasteiger partial charge is 0.466 e. The third kappa shape index (κ3) is 2.43. The van der Waals surface area contributed by atoms with Crippen molar-refractivity contribution in [2.75, 3.05) is 24.6 Å². The monoisotopic (exact) mass is 338 g/mol. The summed E-state index contributed by atoms with van der Waals surface area (Å²) in [5.74, 6) is 1.42. The number of carbonyl (C=O) groups is 1. The molecule has 2 aliphatic rings. The summed E-state index contributed by atoms with van der Waals surface area (Å²) in [5.41, 5.74) is -0.198. The Morgan fingerprint density at radius 3 is 3.20 bits per heavy atom. The number of anilines is 1. The molecule has 1 saturated heterocycles. The molecule has 2 fully saturated rings. The van der Waals surface area contributed by atoms with E-state index in [2.05, 4.69) is 25.8 Å². The van der Waals surface area contributed by atoms with Gasteiger partial charge in [-0.25, -0.2) is 4.98 Å². The highest BCUT2D eigenvalue weighted by Crippen LogP contribution is 2.58. The number of nitrogens with zero attached hydrogens (tertiary/aromatic N) is 2. The van der Waals surface area contributed by atoms with Crippen LogP contribution in [0.25, 0.3) is 0 Å². The molecule has 0 spiro atoms. The molecule has 1 aliphatic heterocycles. The average molecular weight is 339 g/mol. The van der Waals surface area contributed by atoms with Crippen molar-refractivity contribution in [1.29, 1.82) is 0 Å². The lowest BCUT2D eigenvalue weighted by Crippen LogP contribution is -2.27. The second-order valence-electron chi connectivity index (χ2n) is 5.65. The van der Waals surface area contributed by atoms with Crippen molar-refractivity contribution in [3.05, 3.63) is 22.8 Å². The van der Waals surface area contributed by atoms with E-state index in [1.807, 2.05) is 25.1 Å². The zero-order chi connectivity index (χ0) is 14.2. The predicted molar refractivity (Wildman–Crippen MR) is 80.6 cm³/mol. The Hall–Kier alpha value is -1.10. The lowest BCUT2D eigenvalue weighted by Gasteiger charge is -2.22. The van der Waals surface area contributed by atoms with Crippen molar-refractivity contribution >= 4 is 27.7 Å². The molecule has 1 aliphatic carbocycles. The maximum absolute atomic E-state index is 12.1. The summed E-state index contributed by atoms with van der Waals surface area (Å²) in [6, 6.07) is 5.97. The fourth-order valence-corrected chi connectivity index (χ4v) is 3.61. The maximum atomic E-state index is 12.1. The van der Waals surface area contributed by atoms with Crippen molar-refractivity contribution < 1.29 is 9.53 Å². The number of halogens is 1. The summed E-state index contributed by atoms with van der Waals surface area (Å²) in [4.78, 5) is 19.0. The van der Waals surface area contributed by atoms with Gasteiger partial charge in [-0.15, -0.1) is 0 Å². The Morgan fingerprint density at radius 2 is 2.45 bits per heavy atom. The molecule has 0 aromatic carbocycles. The van der Waals surface area contributed by atoms with Crippen molar-refractivity contribution in [3.8, 4) is 0 Å². The molecule has 5 heteroatoms. The van der Waals surface area contributed by atoms with Gasteiger partial charge in [-0.05, 0) is 60.2 Å². The van der Waals surface area contributed by atoms with Gasteiger partial charge >= 0.3 is 5.97 Å². The zero-order valence-electron chi connectivity index (χ0n) is 11.6. The first-order valence-electron chi connectivity index (χ1n) is 7.20. The molecule has 4 nitrogen and oxygen atoms in total. The summed E-state index contributed by atoms with van der Waals surface area (Å²) >= 11 is 3.42. The number of rotatable bonds is 3. The maximum Gasteiger partial charge on any atom is 0.312 e. The van der Waals surface area contributed by atoms with Crippen LogP contribution < -0.4 is 4.90 Å². The van der Waals surface area contributed by atoms with Gasteiger partial charge in [0.15, 0.2) is 0 Å². The number of esters is 1. The standard InChI is InChI=1S/C15H19BrN2O2/c1-2-20-14(19)15-7-4-8-18(10-11(15)9-15)13-6-3-5-12(16)17-13/h3,5-6,11H,2,4,7-10H2,1H3/t11-,15+/m0/s1. The second-order valence-corrected chi connectivity index (χ2v) is 6.46. The van der Waals surface area contributed by atoms with E-state index in [0.29, 0.717) is 12.5 Å². The predicted octanol–water partition coefficient (Wildman–Crippen LogP) is 3.01. The highest BCUT2D eigenvalue weighted by Gasteiger charge is 2.61. The minimum Gasteiger partial charge on any atom is -0.466 e. The van der Waals surface area contributed by atoms with Crippen molar-refractivity contribution in [2.24, 2.45) is 11.3 Å². The third-order valence-corrected chi connectivity index (χ3v) is 4.87. The average Bonchev–Trinajstić information content (AvgIpc) is 3.12. The molecule has 20 heavy (non-hydrogen) atoms. The topological polar surface area (TPSA) is 42.4 Å². The Labute approximate surface area is 127 Å². The lowest BCUT2D eigenvalue weighted by atomic mass is 9.98. The normalized spacial score (nSPS) is 28.5. The van der Waals surface area contributed by atoms with Gasteiger partial charge in [-0.3, -0.25) is 4.79 Å². The minimum atomic E-state index is -0.198. The Bertz CT molecular complexity index is 522. The molecule has 2 heterocycles. The van der Waals surface area contributed by atoms with Gasteiger partial charge in [0.25, 0.3) is 0 Å². The van der Waals surface area contributed by atoms with Gasteiger partial charge in [-0.1, -0.05) is 6.07 Å². The van der Waals surface area contributed by atoms with E-state index in [1.54, 1.807) is 0 Å². The number of carbonyl (C=O) groups excluding carboxylic acids is 1. The molecule has 108 valence electrons. The molecule has 0 unspecified atom stereocenters. The smallest absolute Gasteiger partial charge is 0.312 e. The van der Waals surface area contributed by atoms with Crippen LogP contribution in [0.3, 0.4) is 0 Å². The van der Waals surface area contributed by atoms with E-state index in [9.17, 15) is 4.79 Å². The highest BCUT2D eigenvalue weighted by atomic mass is 79.9. The summed E-state index contributed by atoms with van der Waals surface area (Å²) < 4.78 is 6.11. The lowest BCUT2D eigenvalue weighted by molar-refractivity contribution is -0.150. The molecule has 0 radical (unpaired) electrons. The molecule has 1 aromatic heterocycles. The molecular formula is C15H19BrN2O2. The Kier molecular flexibility index (Phi) is 3.71. The fourth-order valence-electron chi connectivity index (χ4n) is 3.28. The zero-order valence-corrected chi connectivity index (χ0v) is 13.2. The van der Waals surface area contributed by atoms with Crippen molar-refractivity contribution in [3.63, 3.8) is 0 Å². The van der Waals surface area contributed by atoms with E-state index in [-0.39, 0.29) is 11.4 Å². The first-order valence-corrected chi connectivity index (χ1v) is 8.00. The van der Waals surface area contributed by atoms with E-state index >= 15 is 0 Å². The van der Waals surface area contributed by atoms with Crippen molar-refractivity contribution in [1.82, 2.24) is 4.98 Å². The SMILES string of the molecule is CCOC(=O)[C@@]12CCCN(c3cccc(Br)n3)C[C@@H]1C2. The third-order valence-electron chi connectivity index (χ3n) is 4.43. The first-order chi connectivity index (χ1) is 9.65. The molecule has 0 N–H and O–H groups in total. The molecule has 2 atom stereocenters. The van der Waals surface area contributed by atoms with Gasteiger partial charge in [0.2, 0.25) is 0 Å². The second kappa shape index (κ2) is 5.35. The quantitative estimate of drug-likeness (QED) is 0.627. The number of pyridine rings is 1. The first kappa shape index (κ1) is 13.9. The van der Waals surface area contributed by atoms with E-state index in [0.717, 1.165) is 42.8 Å². The molecule has 1 aromatic rings. The fraction of sp³-hybridized carbons (Fsp3) is 0.600. The van der Waals surface area contributed by atoms with Gasteiger partial charge in [0.05, 0.1) is 12.0 Å². The number of fused-ring (bicyclic) bond motifs is 1. The van der Waals surface area contributed by atoms with Gasteiger partial charge < -0.3 is 9.64 Å². The van der Waals surface area contributed by atoms with Crippen molar-refractivity contribution in [2.45, 2.75) is 26.2 Å². The summed E-state index contributed by atoms with van der Waals surface area (Å²) in [6.07, 6.45) is 2.93. The van der Waals surface area contributed by atoms with Crippen LogP contribution in [0, 0.1) is 11.3 Å². The molecule has 3 rings (SSSR count). The molecule has 1 saturated carbocycles. The van der Waals surface area contributed by atoms with Crippen LogP contribution in [0.5, 0.6) is 0 Å². The summed E-state index contributed by atoms with van der Waals surface area (Å²) in [6.45, 7) is 4.22. The van der Waals surface area contributed by atoms with Crippen LogP contribution in [0.4, 0.5) is 5.82 Å². The molecule has 0 amide bonds. The number of hydrogen-bond donors (Lipinski definition) is 0. The van der Waals surface area contributed by atoms with E-state index in [1.165, 1.54) is 0 Å². The number of aromatic nitrogens is 1. The van der Waals surface area contributed by atoms with Crippen LogP contribution in [0.2, 0.25) is 0 Å². The molecular weight excluding hydrogens is 320 g/mol. The Balaban J connectivity index is 1.73. The van der Waals surface area contributed by atoms with Gasteiger partial charge in [-0.2, -0.15) is 0 Å². The van der Waals surface area contributed by atoms with E-state index < -0.39 is 0 Å². The summed E-state index contributed by atoms with van der Waals surface area (Å²) in [5, 5.41) is 0. The van der Waals surface area contributed by atoms with Crippen LogP contribution in [0.15, 0.2) is 22.8 Å². The van der Waals surface area contributed by atoms with Crippen LogP contribution in [0.1, 0.15) is 26.2 Å². The minimum absolute atomic E-state index is 0.00838. The van der Waals surface area contributed by atoms with Crippen LogP contribution in [-0.2, 0) is 9.53 Å². The number of ether oxygens (including phenoxy) is 1. The summed E-state index contributed by atoms with van der Waals surface area (Å²) in [7, 11) is 0. The molecule has 0 bridgehead atoms. The Morgan fingerprint density at radius 1 is 1.60 bits per heavy atom. The number of hydrogen-bond acceptors (Lipinski definition) is 4. The van der Waals surface area contributed by atoms with Crippen LogP contribution >= 0.6 is 15.9 Å².